The largest absolute Gasteiger partial charge is 0.464 e. The van der Waals surface area contributed by atoms with E-state index in [0.29, 0.717) is 4.68 Å². The molecule has 116 valence electrons. The summed E-state index contributed by atoms with van der Waals surface area (Å²) in [6.07, 6.45) is -4.57. The Kier molecular flexibility index (Phi) is 4.23. The molecule has 0 fully saturated rings. The molecule has 0 unspecified atom stereocenters. The number of hydrogen-bond donors (Lipinski definition) is 0. The quantitative estimate of drug-likeness (QED) is 0.793. The monoisotopic (exact) mass is 332 g/mol. The van der Waals surface area contributed by atoms with E-state index in [1.54, 1.807) is 0 Å². The van der Waals surface area contributed by atoms with Crippen molar-refractivity contribution in [1.82, 2.24) is 9.78 Å². The summed E-state index contributed by atoms with van der Waals surface area (Å²) in [5.41, 5.74) is -2.26. The lowest BCUT2D eigenvalue weighted by Crippen LogP contribution is -2.24. The van der Waals surface area contributed by atoms with E-state index in [4.69, 9.17) is 11.6 Å². The third-order valence-electron chi connectivity index (χ3n) is 2.68. The molecular weight excluding hydrogens is 325 g/mol. The van der Waals surface area contributed by atoms with Crippen molar-refractivity contribution in [2.75, 3.05) is 7.11 Å². The standard InChI is InChI=1S/C13H8ClF3N2O3/c1-22-12(21)11-9(14)6-10(20)19(18-11)8-4-2-3-7(5-8)13(15,16)17/h2-6H,1H3. The Bertz CT molecular complexity index is 787. The Morgan fingerprint density at radius 1 is 1.32 bits per heavy atom. The number of aromatic nitrogens is 2. The van der Waals surface area contributed by atoms with Crippen LogP contribution in [0.5, 0.6) is 0 Å². The number of alkyl halides is 3. The Morgan fingerprint density at radius 3 is 2.59 bits per heavy atom. The number of benzene rings is 1. The first-order valence-corrected chi connectivity index (χ1v) is 6.17. The zero-order valence-electron chi connectivity index (χ0n) is 11.0. The van der Waals surface area contributed by atoms with Crippen molar-refractivity contribution < 1.29 is 22.7 Å². The summed E-state index contributed by atoms with van der Waals surface area (Å²) in [4.78, 5) is 23.3. The van der Waals surface area contributed by atoms with Crippen molar-refractivity contribution in [3.63, 3.8) is 0 Å². The molecule has 1 aromatic carbocycles. The Labute approximate surface area is 126 Å². The molecule has 0 bridgehead atoms. The number of carbonyl (C=O) groups is 1. The highest BCUT2D eigenvalue weighted by atomic mass is 35.5. The lowest BCUT2D eigenvalue weighted by Gasteiger charge is -2.10. The summed E-state index contributed by atoms with van der Waals surface area (Å²) in [6, 6.07) is 4.84. The predicted molar refractivity (Wildman–Crippen MR) is 71.2 cm³/mol. The van der Waals surface area contributed by atoms with Crippen molar-refractivity contribution in [3.05, 3.63) is 57.0 Å². The molecule has 0 atom stereocenters. The van der Waals surface area contributed by atoms with Gasteiger partial charge in [-0.05, 0) is 18.2 Å². The fourth-order valence-corrected chi connectivity index (χ4v) is 1.88. The molecule has 1 heterocycles. The number of methoxy groups -OCH3 is 1. The van der Waals surface area contributed by atoms with Gasteiger partial charge in [0.05, 0.1) is 23.4 Å². The molecular formula is C13H8ClF3N2O3. The summed E-state index contributed by atoms with van der Waals surface area (Å²) >= 11 is 5.71. The van der Waals surface area contributed by atoms with Crippen LogP contribution >= 0.6 is 11.6 Å². The van der Waals surface area contributed by atoms with Crippen molar-refractivity contribution in [3.8, 4) is 5.69 Å². The van der Waals surface area contributed by atoms with Gasteiger partial charge in [-0.25, -0.2) is 4.79 Å². The van der Waals surface area contributed by atoms with Crippen molar-refractivity contribution in [2.45, 2.75) is 6.18 Å². The highest BCUT2D eigenvalue weighted by molar-refractivity contribution is 6.33. The minimum Gasteiger partial charge on any atom is -0.464 e. The van der Waals surface area contributed by atoms with Crippen LogP contribution in [-0.2, 0) is 10.9 Å². The lowest BCUT2D eigenvalue weighted by molar-refractivity contribution is -0.137. The van der Waals surface area contributed by atoms with Crippen LogP contribution in [0.4, 0.5) is 13.2 Å². The zero-order chi connectivity index (χ0) is 16.5. The molecule has 0 N–H and O–H groups in total. The molecule has 0 amide bonds. The molecule has 0 radical (unpaired) electrons. The van der Waals surface area contributed by atoms with Crippen molar-refractivity contribution in [2.24, 2.45) is 0 Å². The smallest absolute Gasteiger partial charge is 0.416 e. The Balaban J connectivity index is 2.63. The van der Waals surface area contributed by atoms with Crippen LogP contribution < -0.4 is 5.56 Å². The summed E-state index contributed by atoms with van der Waals surface area (Å²) in [5, 5.41) is 3.42. The molecule has 9 heteroatoms. The summed E-state index contributed by atoms with van der Waals surface area (Å²) < 4.78 is 43.2. The predicted octanol–water partition coefficient (Wildman–Crippen LogP) is 2.69. The third-order valence-corrected chi connectivity index (χ3v) is 2.97. The van der Waals surface area contributed by atoms with Gasteiger partial charge in [-0.1, -0.05) is 17.7 Å². The first-order chi connectivity index (χ1) is 10.2. The second kappa shape index (κ2) is 5.80. The van der Waals surface area contributed by atoms with E-state index < -0.39 is 23.3 Å². The van der Waals surface area contributed by atoms with E-state index >= 15 is 0 Å². The normalized spacial score (nSPS) is 11.3. The van der Waals surface area contributed by atoms with Crippen LogP contribution in [0.1, 0.15) is 16.1 Å². The molecule has 0 saturated carbocycles. The van der Waals surface area contributed by atoms with Gasteiger partial charge in [0.1, 0.15) is 0 Å². The van der Waals surface area contributed by atoms with Gasteiger partial charge in [0.2, 0.25) is 0 Å². The SMILES string of the molecule is COC(=O)c1nn(-c2cccc(C(F)(F)F)c2)c(=O)cc1Cl. The van der Waals surface area contributed by atoms with Gasteiger partial charge in [0.15, 0.2) is 5.69 Å². The van der Waals surface area contributed by atoms with E-state index in [0.717, 1.165) is 31.4 Å². The number of hydrogen-bond acceptors (Lipinski definition) is 4. The molecule has 0 saturated heterocycles. The number of rotatable bonds is 2. The average molecular weight is 333 g/mol. The Hall–Kier alpha value is -2.35. The molecule has 0 spiro atoms. The summed E-state index contributed by atoms with van der Waals surface area (Å²) in [6.45, 7) is 0. The molecule has 1 aromatic heterocycles. The fraction of sp³-hybridized carbons (Fsp3) is 0.154. The minimum absolute atomic E-state index is 0.151. The van der Waals surface area contributed by atoms with Gasteiger partial charge in [-0.15, -0.1) is 0 Å². The minimum atomic E-state index is -4.57. The molecule has 2 aromatic rings. The number of esters is 1. The highest BCUT2D eigenvalue weighted by Crippen LogP contribution is 2.30. The van der Waals surface area contributed by atoms with Gasteiger partial charge in [-0.2, -0.15) is 23.0 Å². The molecule has 5 nitrogen and oxygen atoms in total. The maximum absolute atomic E-state index is 12.7. The van der Waals surface area contributed by atoms with Crippen LogP contribution in [0, 0.1) is 0 Å². The summed E-state index contributed by atoms with van der Waals surface area (Å²) in [5.74, 6) is -0.911. The average Bonchev–Trinajstić information content (AvgIpc) is 2.46. The van der Waals surface area contributed by atoms with Gasteiger partial charge in [-0.3, -0.25) is 4.79 Å². The lowest BCUT2D eigenvalue weighted by atomic mass is 10.2. The van der Waals surface area contributed by atoms with Crippen molar-refractivity contribution >= 4 is 17.6 Å². The highest BCUT2D eigenvalue weighted by Gasteiger charge is 2.30. The second-order valence-electron chi connectivity index (χ2n) is 4.13. The zero-order valence-corrected chi connectivity index (χ0v) is 11.8. The van der Waals surface area contributed by atoms with Gasteiger partial charge >= 0.3 is 12.1 Å². The van der Waals surface area contributed by atoms with Crippen LogP contribution in [-0.4, -0.2) is 22.9 Å². The first-order valence-electron chi connectivity index (χ1n) is 5.80. The van der Waals surface area contributed by atoms with Gasteiger partial charge < -0.3 is 4.74 Å². The van der Waals surface area contributed by atoms with Gasteiger partial charge in [0.25, 0.3) is 5.56 Å². The molecule has 0 aliphatic rings. The number of ether oxygens (including phenoxy) is 1. The first kappa shape index (κ1) is 16.0. The molecule has 2 rings (SSSR count). The second-order valence-corrected chi connectivity index (χ2v) is 4.54. The molecule has 22 heavy (non-hydrogen) atoms. The van der Waals surface area contributed by atoms with Crippen LogP contribution in [0.25, 0.3) is 5.69 Å². The van der Waals surface area contributed by atoms with Gasteiger partial charge in [0, 0.05) is 6.07 Å². The van der Waals surface area contributed by atoms with E-state index in [9.17, 15) is 22.8 Å². The van der Waals surface area contributed by atoms with E-state index in [-0.39, 0.29) is 16.4 Å². The number of halogens is 4. The third kappa shape index (κ3) is 3.11. The number of carbonyl (C=O) groups excluding carboxylic acids is 1. The summed E-state index contributed by atoms with van der Waals surface area (Å²) in [7, 11) is 1.08. The van der Waals surface area contributed by atoms with E-state index in [1.807, 2.05) is 0 Å². The fourth-order valence-electron chi connectivity index (χ4n) is 1.67. The molecule has 0 aliphatic heterocycles. The van der Waals surface area contributed by atoms with Crippen molar-refractivity contribution in [1.29, 1.82) is 0 Å². The van der Waals surface area contributed by atoms with E-state index in [1.165, 1.54) is 6.07 Å². The van der Waals surface area contributed by atoms with Crippen LogP contribution in [0.15, 0.2) is 35.1 Å². The topological polar surface area (TPSA) is 61.2 Å². The maximum Gasteiger partial charge on any atom is 0.416 e. The van der Waals surface area contributed by atoms with Crippen LogP contribution in [0.3, 0.4) is 0 Å². The maximum atomic E-state index is 12.7. The molecule has 0 aliphatic carbocycles. The Morgan fingerprint density at radius 2 is 2.00 bits per heavy atom. The van der Waals surface area contributed by atoms with Crippen LogP contribution in [0.2, 0.25) is 5.02 Å². The van der Waals surface area contributed by atoms with E-state index in [2.05, 4.69) is 9.84 Å². The number of nitrogens with zero attached hydrogens (tertiary/aromatic N) is 2.